The summed E-state index contributed by atoms with van der Waals surface area (Å²) in [6.45, 7) is 3.17. The maximum atomic E-state index is 11.4. The van der Waals surface area contributed by atoms with Gasteiger partial charge in [0.15, 0.2) is 0 Å². The van der Waals surface area contributed by atoms with E-state index in [2.05, 4.69) is 20.2 Å². The molecule has 0 radical (unpaired) electrons. The number of aliphatic hydroxyl groups excluding tert-OH is 1. The van der Waals surface area contributed by atoms with Crippen molar-refractivity contribution >= 4 is 38.2 Å². The summed E-state index contributed by atoms with van der Waals surface area (Å²) in [5, 5.41) is 21.9. The molecule has 0 aliphatic heterocycles. The minimum absolute atomic E-state index is 0.235. The van der Waals surface area contributed by atoms with Gasteiger partial charge in [0.2, 0.25) is 10.0 Å². The predicted octanol–water partition coefficient (Wildman–Crippen LogP) is 2.60. The van der Waals surface area contributed by atoms with Crippen LogP contribution >= 0.6 is 11.6 Å². The van der Waals surface area contributed by atoms with Crippen molar-refractivity contribution in [2.75, 3.05) is 30.7 Å². The van der Waals surface area contributed by atoms with Crippen LogP contribution in [0.5, 0.6) is 5.75 Å². The Morgan fingerprint density at radius 3 is 2.83 bits per heavy atom. The molecule has 2 aromatic carbocycles. The highest BCUT2D eigenvalue weighted by molar-refractivity contribution is 7.92. The summed E-state index contributed by atoms with van der Waals surface area (Å²) < 4.78 is 30.9. The molecule has 29 heavy (non-hydrogen) atoms. The van der Waals surface area contributed by atoms with E-state index in [0.29, 0.717) is 18.7 Å². The lowest BCUT2D eigenvalue weighted by atomic mass is 10.1. The summed E-state index contributed by atoms with van der Waals surface area (Å²) in [4.78, 5) is 0. The van der Waals surface area contributed by atoms with Gasteiger partial charge in [-0.05, 0) is 36.8 Å². The van der Waals surface area contributed by atoms with Crippen molar-refractivity contribution in [1.82, 2.24) is 15.5 Å². The average molecular weight is 439 g/mol. The van der Waals surface area contributed by atoms with Crippen LogP contribution in [0.1, 0.15) is 17.4 Å². The van der Waals surface area contributed by atoms with Gasteiger partial charge in [-0.25, -0.2) is 8.42 Å². The van der Waals surface area contributed by atoms with Gasteiger partial charge >= 0.3 is 0 Å². The SMILES string of the molecule is Cc1n[nH]c2cc(OCCNC[C@H](O)c3ccc(Cl)c(NS(C)(=O)=O)c3)ccc12. The number of nitrogens with zero attached hydrogens (tertiary/aromatic N) is 1. The third kappa shape index (κ3) is 5.83. The molecule has 10 heteroatoms. The number of hydrogen-bond acceptors (Lipinski definition) is 6. The molecule has 0 bridgehead atoms. The molecular weight excluding hydrogens is 416 g/mol. The van der Waals surface area contributed by atoms with Crippen molar-refractivity contribution in [2.24, 2.45) is 0 Å². The fourth-order valence-corrected chi connectivity index (χ4v) is 3.64. The Bertz CT molecular complexity index is 1100. The summed E-state index contributed by atoms with van der Waals surface area (Å²) in [6.07, 6.45) is 0.218. The highest BCUT2D eigenvalue weighted by Gasteiger charge is 2.12. The molecule has 0 fully saturated rings. The number of rotatable bonds is 9. The molecule has 0 amide bonds. The molecule has 1 aromatic heterocycles. The van der Waals surface area contributed by atoms with Gasteiger partial charge in [0.25, 0.3) is 0 Å². The zero-order chi connectivity index (χ0) is 21.0. The summed E-state index contributed by atoms with van der Waals surface area (Å²) in [7, 11) is -3.46. The van der Waals surface area contributed by atoms with Crippen molar-refractivity contribution in [3.63, 3.8) is 0 Å². The van der Waals surface area contributed by atoms with Gasteiger partial charge in [0.05, 0.1) is 34.3 Å². The fraction of sp³-hybridized carbons (Fsp3) is 0.316. The Morgan fingerprint density at radius 1 is 1.28 bits per heavy atom. The van der Waals surface area contributed by atoms with Gasteiger partial charge in [-0.2, -0.15) is 5.10 Å². The highest BCUT2D eigenvalue weighted by atomic mass is 35.5. The predicted molar refractivity (Wildman–Crippen MR) is 114 cm³/mol. The second-order valence-electron chi connectivity index (χ2n) is 6.70. The first-order chi connectivity index (χ1) is 13.7. The van der Waals surface area contributed by atoms with Crippen molar-refractivity contribution in [3.05, 3.63) is 52.7 Å². The van der Waals surface area contributed by atoms with Crippen LogP contribution in [0.2, 0.25) is 5.02 Å². The first kappa shape index (κ1) is 21.4. The standard InChI is InChI=1S/C19H23ClN4O4S/c1-12-15-5-4-14(10-17(15)23-22-12)28-8-7-21-11-19(25)13-3-6-16(20)18(9-13)24-29(2,26)27/h3-6,9-10,19,21,24-25H,7-8,11H2,1-2H3,(H,22,23)/t19-/m0/s1. The zero-order valence-electron chi connectivity index (χ0n) is 16.1. The van der Waals surface area contributed by atoms with Gasteiger partial charge in [-0.3, -0.25) is 9.82 Å². The molecule has 0 spiro atoms. The number of halogens is 1. The monoisotopic (exact) mass is 438 g/mol. The van der Waals surface area contributed by atoms with Crippen molar-refractivity contribution in [3.8, 4) is 5.75 Å². The lowest BCUT2D eigenvalue weighted by molar-refractivity contribution is 0.172. The van der Waals surface area contributed by atoms with Gasteiger partial charge in [-0.1, -0.05) is 17.7 Å². The van der Waals surface area contributed by atoms with Crippen molar-refractivity contribution < 1.29 is 18.3 Å². The molecule has 0 saturated heterocycles. The lowest BCUT2D eigenvalue weighted by Crippen LogP contribution is -2.26. The second-order valence-corrected chi connectivity index (χ2v) is 8.85. The molecule has 1 atom stereocenters. The Labute approximate surface area is 174 Å². The zero-order valence-corrected chi connectivity index (χ0v) is 17.6. The van der Waals surface area contributed by atoms with E-state index >= 15 is 0 Å². The molecule has 3 aromatic rings. The first-order valence-corrected chi connectivity index (χ1v) is 11.2. The fourth-order valence-electron chi connectivity index (χ4n) is 2.85. The Balaban J connectivity index is 1.48. The molecule has 3 rings (SSSR count). The quantitative estimate of drug-likeness (QED) is 0.381. The molecule has 0 unspecified atom stereocenters. The number of nitrogens with one attached hydrogen (secondary N) is 3. The number of hydrogen-bond donors (Lipinski definition) is 4. The largest absolute Gasteiger partial charge is 0.492 e. The van der Waals surface area contributed by atoms with E-state index in [9.17, 15) is 13.5 Å². The van der Waals surface area contributed by atoms with E-state index in [1.54, 1.807) is 12.1 Å². The van der Waals surface area contributed by atoms with E-state index in [0.717, 1.165) is 28.6 Å². The number of aryl methyl sites for hydroxylation is 1. The number of aromatic nitrogens is 2. The summed E-state index contributed by atoms with van der Waals surface area (Å²) in [6, 6.07) is 10.5. The molecule has 0 saturated carbocycles. The maximum Gasteiger partial charge on any atom is 0.229 e. The average Bonchev–Trinajstić information content (AvgIpc) is 3.02. The minimum atomic E-state index is -3.46. The summed E-state index contributed by atoms with van der Waals surface area (Å²) in [5.74, 6) is 0.734. The van der Waals surface area contributed by atoms with E-state index in [-0.39, 0.29) is 17.3 Å². The summed E-state index contributed by atoms with van der Waals surface area (Å²) in [5.41, 5.74) is 2.65. The van der Waals surface area contributed by atoms with E-state index in [1.165, 1.54) is 6.07 Å². The molecule has 4 N–H and O–H groups in total. The van der Waals surface area contributed by atoms with Crippen LogP contribution in [0, 0.1) is 6.92 Å². The van der Waals surface area contributed by atoms with Crippen LogP contribution in [0.25, 0.3) is 10.9 Å². The van der Waals surface area contributed by atoms with E-state index < -0.39 is 16.1 Å². The number of ether oxygens (including phenoxy) is 1. The highest BCUT2D eigenvalue weighted by Crippen LogP contribution is 2.26. The van der Waals surface area contributed by atoms with Crippen LogP contribution in [-0.2, 0) is 10.0 Å². The number of anilines is 1. The number of fused-ring (bicyclic) bond motifs is 1. The van der Waals surface area contributed by atoms with E-state index in [4.69, 9.17) is 16.3 Å². The third-order valence-corrected chi connectivity index (χ3v) is 5.20. The molecular formula is C19H23ClN4O4S. The molecule has 1 heterocycles. The second kappa shape index (κ2) is 9.00. The normalized spacial score (nSPS) is 12.8. The van der Waals surface area contributed by atoms with Crippen LogP contribution < -0.4 is 14.8 Å². The van der Waals surface area contributed by atoms with Crippen LogP contribution in [0.15, 0.2) is 36.4 Å². The van der Waals surface area contributed by atoms with Gasteiger partial charge < -0.3 is 15.2 Å². The number of aromatic amines is 1. The maximum absolute atomic E-state index is 11.4. The van der Waals surface area contributed by atoms with E-state index in [1.807, 2.05) is 25.1 Å². The smallest absolute Gasteiger partial charge is 0.229 e. The van der Waals surface area contributed by atoms with Gasteiger partial charge in [-0.15, -0.1) is 0 Å². The Kier molecular flexibility index (Phi) is 6.63. The number of sulfonamides is 1. The van der Waals surface area contributed by atoms with Crippen LogP contribution in [0.3, 0.4) is 0 Å². The Morgan fingerprint density at radius 2 is 2.07 bits per heavy atom. The summed E-state index contributed by atoms with van der Waals surface area (Å²) >= 11 is 6.00. The lowest BCUT2D eigenvalue weighted by Gasteiger charge is -2.15. The molecule has 0 aliphatic rings. The molecule has 8 nitrogen and oxygen atoms in total. The number of aliphatic hydroxyl groups is 1. The molecule has 156 valence electrons. The minimum Gasteiger partial charge on any atom is -0.492 e. The molecule has 0 aliphatic carbocycles. The van der Waals surface area contributed by atoms with Gasteiger partial charge in [0.1, 0.15) is 12.4 Å². The van der Waals surface area contributed by atoms with Gasteiger partial charge in [0, 0.05) is 24.5 Å². The van der Waals surface area contributed by atoms with Crippen LogP contribution in [0.4, 0.5) is 5.69 Å². The Hall–Kier alpha value is -2.33. The van der Waals surface area contributed by atoms with Crippen molar-refractivity contribution in [1.29, 1.82) is 0 Å². The number of benzene rings is 2. The first-order valence-electron chi connectivity index (χ1n) is 8.96. The van der Waals surface area contributed by atoms with Crippen LogP contribution in [-0.4, -0.2) is 49.7 Å². The third-order valence-electron chi connectivity index (χ3n) is 4.28. The topological polar surface area (TPSA) is 116 Å². The number of H-pyrrole nitrogens is 1. The van der Waals surface area contributed by atoms with Crippen molar-refractivity contribution in [2.45, 2.75) is 13.0 Å².